The molecule has 0 spiro atoms. The van der Waals surface area contributed by atoms with Gasteiger partial charge in [0.25, 0.3) is 0 Å². The first-order valence-electron chi connectivity index (χ1n) is 24.4. The van der Waals surface area contributed by atoms with Crippen molar-refractivity contribution in [1.29, 1.82) is 0 Å². The second-order valence-corrected chi connectivity index (χ2v) is 20.3. The zero-order valence-corrected chi connectivity index (χ0v) is 38.7. The van der Waals surface area contributed by atoms with Gasteiger partial charge in [0.05, 0.1) is 37.6 Å². The average Bonchev–Trinajstić information content (AvgIpc) is 3.73. The molecule has 2 aromatic heterocycles. The maximum Gasteiger partial charge on any atom is 0.409 e. The number of nitrogens with one attached hydrogen (secondary N) is 3. The van der Waals surface area contributed by atoms with Crippen molar-refractivity contribution in [3.63, 3.8) is 0 Å². The van der Waals surface area contributed by atoms with E-state index in [0.717, 1.165) is 118 Å². The minimum atomic E-state index is -0.628. The standard InChI is InChI=1S/C51H66N8O6/c1-6-51(20-8-7-9-21-51)44(56-47(60)30-14-15-30)49(62)59-23-11-13-40(59)46-53-37-19-17-31-25-36-34-18-16-32(24-33(34)28-65-41(36)26-35(31)42(37)55-46)38-27-52-45(54-38)39-12-10-22-58(39)48(61)43(29(2)3)57(4)50(63)64-5/h7-8,16,18,25-27,29-30,32,36,39-41,43-44H,6,9-15,17,19-24,28H2,1-5H3,(H,52,54)(H,53,55)(H,56,60)/t32?,36?,39-,40-,41?,43-,44?,51?/m0/s1. The molecular formula is C51H66N8O6. The van der Waals surface area contributed by atoms with E-state index in [1.54, 1.807) is 7.05 Å². The highest BCUT2D eigenvalue weighted by Gasteiger charge is 2.48. The van der Waals surface area contributed by atoms with Gasteiger partial charge in [-0.05, 0) is 112 Å². The van der Waals surface area contributed by atoms with E-state index in [4.69, 9.17) is 19.4 Å². The molecule has 3 fully saturated rings. The minimum Gasteiger partial charge on any atom is -0.453 e. The van der Waals surface area contributed by atoms with Crippen LogP contribution in [0.25, 0.3) is 5.57 Å². The number of hydrogen-bond acceptors (Lipinski definition) is 8. The fourth-order valence-electron chi connectivity index (χ4n) is 12.2. The number of aryl methyl sites for hydroxylation is 1. The number of likely N-dealkylation sites (tertiary alicyclic amines) is 2. The molecule has 0 bridgehead atoms. The number of ether oxygens (including phenoxy) is 2. The van der Waals surface area contributed by atoms with Gasteiger partial charge in [-0.2, -0.15) is 0 Å². The van der Waals surface area contributed by atoms with Crippen LogP contribution >= 0.6 is 0 Å². The quantitative estimate of drug-likeness (QED) is 0.195. The number of allylic oxidation sites excluding steroid dienone is 6. The molecule has 5 heterocycles. The highest BCUT2D eigenvalue weighted by atomic mass is 16.5. The second kappa shape index (κ2) is 17.5. The van der Waals surface area contributed by atoms with E-state index in [-0.39, 0.29) is 65.0 Å². The van der Waals surface area contributed by atoms with Gasteiger partial charge in [-0.15, -0.1) is 0 Å². The Bertz CT molecular complexity index is 2380. The first-order valence-corrected chi connectivity index (χ1v) is 24.4. The zero-order chi connectivity index (χ0) is 45.1. The van der Waals surface area contributed by atoms with Crippen molar-refractivity contribution in [1.82, 2.24) is 40.0 Å². The van der Waals surface area contributed by atoms with Crippen LogP contribution in [0.5, 0.6) is 0 Å². The summed E-state index contributed by atoms with van der Waals surface area (Å²) in [5.74, 6) is 1.80. The summed E-state index contributed by atoms with van der Waals surface area (Å²) >= 11 is 0. The van der Waals surface area contributed by atoms with E-state index in [9.17, 15) is 19.2 Å². The lowest BCUT2D eigenvalue weighted by Gasteiger charge is -2.43. The van der Waals surface area contributed by atoms with Crippen LogP contribution in [0, 0.1) is 23.2 Å². The Labute approximate surface area is 382 Å². The number of methoxy groups -OCH3 is 1. The molecule has 3 N–H and O–H groups in total. The molecule has 10 rings (SSSR count). The Balaban J connectivity index is 0.830. The number of H-pyrrole nitrogens is 2. The molecule has 65 heavy (non-hydrogen) atoms. The predicted molar refractivity (Wildman–Crippen MR) is 245 cm³/mol. The van der Waals surface area contributed by atoms with Crippen molar-refractivity contribution < 1.29 is 28.7 Å². The Morgan fingerprint density at radius 3 is 2.48 bits per heavy atom. The monoisotopic (exact) mass is 887 g/mol. The summed E-state index contributed by atoms with van der Waals surface area (Å²) in [5, 5.41) is 3.30. The van der Waals surface area contributed by atoms with Crippen molar-refractivity contribution in [3.8, 4) is 0 Å². The maximum absolute atomic E-state index is 14.8. The molecule has 14 heteroatoms. The first-order chi connectivity index (χ1) is 31.5. The fraction of sp³-hybridized carbons (Fsp3) is 0.608. The van der Waals surface area contributed by atoms with Crippen molar-refractivity contribution in [3.05, 3.63) is 88.1 Å². The SMILES string of the molecule is CCC1(C(NC(=O)C2CC2)C(=O)N2CCC[C@H]2c2nc3c([nH]2)CCC2=CC4C5=C(COC4C=C23)CC(c2cnc([C@@H]3CCCN3C(=O)[C@H](C(C)C)N(C)C(=O)OC)[nH]2)C=C5)CC=CCC1. The predicted octanol–water partition coefficient (Wildman–Crippen LogP) is 7.54. The van der Waals surface area contributed by atoms with E-state index in [0.29, 0.717) is 19.7 Å². The summed E-state index contributed by atoms with van der Waals surface area (Å²) in [4.78, 5) is 77.2. The van der Waals surface area contributed by atoms with Gasteiger partial charge in [0.1, 0.15) is 23.7 Å². The molecule has 5 aliphatic carbocycles. The minimum absolute atomic E-state index is 0.0333. The molecule has 1 saturated carbocycles. The lowest BCUT2D eigenvalue weighted by Crippen LogP contribution is -2.57. The van der Waals surface area contributed by atoms with Crippen LogP contribution in [0.3, 0.4) is 0 Å². The summed E-state index contributed by atoms with van der Waals surface area (Å²) < 4.78 is 11.6. The maximum atomic E-state index is 14.8. The Kier molecular flexibility index (Phi) is 11.8. The molecular weight excluding hydrogens is 821 g/mol. The summed E-state index contributed by atoms with van der Waals surface area (Å²) in [6, 6.07) is -1.51. The van der Waals surface area contributed by atoms with Crippen LogP contribution in [0.1, 0.15) is 145 Å². The molecule has 5 unspecified atom stereocenters. The van der Waals surface area contributed by atoms with Crippen molar-refractivity contribution in [2.24, 2.45) is 23.2 Å². The summed E-state index contributed by atoms with van der Waals surface area (Å²) in [6.45, 7) is 7.90. The molecule has 8 atom stereocenters. The highest BCUT2D eigenvalue weighted by molar-refractivity contribution is 5.91. The molecule has 2 aromatic rings. The number of fused-ring (bicyclic) bond motifs is 5. The smallest absolute Gasteiger partial charge is 0.409 e. The van der Waals surface area contributed by atoms with Crippen molar-refractivity contribution in [2.75, 3.05) is 33.9 Å². The second-order valence-electron chi connectivity index (χ2n) is 20.3. The molecule has 0 aromatic carbocycles. The number of carbonyl (C=O) groups excluding carboxylic acids is 4. The molecule has 2 saturated heterocycles. The van der Waals surface area contributed by atoms with Gasteiger partial charge < -0.3 is 34.6 Å². The molecule has 346 valence electrons. The van der Waals surface area contributed by atoms with Crippen molar-refractivity contribution in [2.45, 2.75) is 140 Å². The third kappa shape index (κ3) is 7.90. The van der Waals surface area contributed by atoms with Gasteiger partial charge in [0.15, 0.2) is 0 Å². The normalized spacial score (nSPS) is 29.0. The molecule has 8 aliphatic rings. The zero-order valence-electron chi connectivity index (χ0n) is 38.7. The largest absolute Gasteiger partial charge is 0.453 e. The van der Waals surface area contributed by atoms with E-state index >= 15 is 0 Å². The number of likely N-dealkylation sites (N-methyl/N-ethyl adjacent to an activating group) is 1. The summed E-state index contributed by atoms with van der Waals surface area (Å²) in [5.41, 5.74) is 7.91. The third-order valence-electron chi connectivity index (χ3n) is 16.1. The lowest BCUT2D eigenvalue weighted by molar-refractivity contribution is -0.142. The number of aromatic nitrogens is 4. The number of carbonyl (C=O) groups is 4. The fourth-order valence-corrected chi connectivity index (χ4v) is 12.2. The van der Waals surface area contributed by atoms with Crippen LogP contribution < -0.4 is 5.32 Å². The van der Waals surface area contributed by atoms with E-state index in [1.807, 2.05) is 29.8 Å². The lowest BCUT2D eigenvalue weighted by atomic mass is 9.69. The van der Waals surface area contributed by atoms with Crippen LogP contribution in [-0.4, -0.2) is 110 Å². The van der Waals surface area contributed by atoms with Gasteiger partial charge in [-0.3, -0.25) is 19.3 Å². The van der Waals surface area contributed by atoms with Crippen LogP contribution in [0.15, 0.2) is 59.4 Å². The van der Waals surface area contributed by atoms with E-state index < -0.39 is 18.2 Å². The van der Waals surface area contributed by atoms with Crippen molar-refractivity contribution >= 4 is 29.4 Å². The van der Waals surface area contributed by atoms with Gasteiger partial charge in [0.2, 0.25) is 17.7 Å². The summed E-state index contributed by atoms with van der Waals surface area (Å²) in [7, 11) is 2.96. The number of amides is 4. The molecule has 4 amide bonds. The first kappa shape index (κ1) is 43.6. The van der Waals surface area contributed by atoms with Gasteiger partial charge in [-0.1, -0.05) is 51.2 Å². The highest BCUT2D eigenvalue weighted by Crippen LogP contribution is 2.48. The average molecular weight is 887 g/mol. The number of nitrogens with zero attached hydrogens (tertiary/aromatic N) is 5. The number of aromatic amines is 2. The van der Waals surface area contributed by atoms with Crippen LogP contribution in [-0.2, 0) is 30.3 Å². The van der Waals surface area contributed by atoms with E-state index in [1.165, 1.54) is 28.7 Å². The number of hydrogen-bond donors (Lipinski definition) is 3. The van der Waals surface area contributed by atoms with Gasteiger partial charge in [0, 0.05) is 66.5 Å². The van der Waals surface area contributed by atoms with E-state index in [2.05, 4.69) is 58.7 Å². The topological polar surface area (TPSA) is 166 Å². The van der Waals surface area contributed by atoms with Gasteiger partial charge >= 0.3 is 6.09 Å². The Morgan fingerprint density at radius 1 is 1.00 bits per heavy atom. The van der Waals surface area contributed by atoms with Crippen LogP contribution in [0.4, 0.5) is 4.79 Å². The summed E-state index contributed by atoms with van der Waals surface area (Å²) in [6.07, 6.45) is 26.3. The Morgan fingerprint density at radius 2 is 1.77 bits per heavy atom. The number of rotatable bonds is 11. The molecule has 0 radical (unpaired) electrons. The third-order valence-corrected chi connectivity index (χ3v) is 16.1. The molecule has 3 aliphatic heterocycles. The Hall–Kier alpha value is -5.24. The van der Waals surface area contributed by atoms with Gasteiger partial charge in [-0.25, -0.2) is 14.8 Å². The van der Waals surface area contributed by atoms with Crippen LogP contribution in [0.2, 0.25) is 0 Å². The number of imidazole rings is 2. The molecule has 14 nitrogen and oxygen atoms in total.